The van der Waals surface area contributed by atoms with Crippen LogP contribution in [-0.4, -0.2) is 40.0 Å². The SMILES string of the molecule is Cn1cnc(Cn2c(=O)cc(Nc3cc4cn(C)nc4cc3OC(F)(F)F)n(Cc3cc(F)c(F)cc3F)c2=O)n1. The van der Waals surface area contributed by atoms with Gasteiger partial charge in [-0.05, 0) is 12.1 Å². The molecule has 0 saturated heterocycles. The van der Waals surface area contributed by atoms with Gasteiger partial charge in [-0.25, -0.2) is 22.9 Å². The molecule has 0 aliphatic heterocycles. The molecule has 3 heterocycles. The first-order chi connectivity index (χ1) is 19.3. The maximum Gasteiger partial charge on any atom is 0.573 e. The minimum atomic E-state index is -5.12. The molecule has 0 bridgehead atoms. The molecule has 0 aliphatic carbocycles. The van der Waals surface area contributed by atoms with Crippen LogP contribution in [-0.2, 0) is 27.2 Å². The van der Waals surface area contributed by atoms with Crippen molar-refractivity contribution < 1.29 is 31.1 Å². The summed E-state index contributed by atoms with van der Waals surface area (Å²) in [6.07, 6.45) is -2.30. The molecule has 2 aromatic carbocycles. The number of nitrogens with one attached hydrogen (secondary N) is 1. The van der Waals surface area contributed by atoms with Gasteiger partial charge >= 0.3 is 12.1 Å². The van der Waals surface area contributed by atoms with Crippen LogP contribution in [0, 0.1) is 17.5 Å². The average Bonchev–Trinajstić information content (AvgIpc) is 3.44. The second kappa shape index (κ2) is 10.1. The Balaban J connectivity index is 1.67. The molecule has 0 radical (unpaired) electrons. The number of alkyl halides is 3. The fraction of sp³-hybridized carbons (Fsp3) is 0.208. The topological polar surface area (TPSA) is 114 Å². The summed E-state index contributed by atoms with van der Waals surface area (Å²) < 4.78 is 90.0. The monoisotopic (exact) mass is 580 g/mol. The van der Waals surface area contributed by atoms with Crippen LogP contribution in [0.15, 0.2) is 52.4 Å². The molecule has 0 unspecified atom stereocenters. The Morgan fingerprint density at radius 3 is 2.29 bits per heavy atom. The molecule has 0 aliphatic rings. The zero-order valence-corrected chi connectivity index (χ0v) is 21.1. The van der Waals surface area contributed by atoms with Crippen molar-refractivity contribution >= 4 is 22.4 Å². The Bertz CT molecular complexity index is 1910. The Hall–Kier alpha value is -5.09. The predicted molar refractivity (Wildman–Crippen MR) is 131 cm³/mol. The van der Waals surface area contributed by atoms with E-state index in [0.29, 0.717) is 16.0 Å². The summed E-state index contributed by atoms with van der Waals surface area (Å²) in [7, 11) is 3.09. The summed E-state index contributed by atoms with van der Waals surface area (Å²) in [5.41, 5.74) is -2.64. The molecular formula is C24H18F6N8O3. The third kappa shape index (κ3) is 5.78. The van der Waals surface area contributed by atoms with Crippen LogP contribution in [0.5, 0.6) is 5.75 Å². The number of ether oxygens (including phenoxy) is 1. The Labute approximate surface area is 224 Å². The number of rotatable bonds is 7. The van der Waals surface area contributed by atoms with E-state index in [1.807, 2.05) is 0 Å². The quantitative estimate of drug-likeness (QED) is 0.232. The second-order valence-electron chi connectivity index (χ2n) is 8.90. The van der Waals surface area contributed by atoms with Crippen molar-refractivity contribution in [3.8, 4) is 5.75 Å². The number of fused-ring (bicyclic) bond motifs is 1. The molecule has 1 N–H and O–H groups in total. The van der Waals surface area contributed by atoms with Gasteiger partial charge < -0.3 is 10.1 Å². The van der Waals surface area contributed by atoms with Crippen molar-refractivity contribution in [2.75, 3.05) is 5.32 Å². The van der Waals surface area contributed by atoms with Gasteiger partial charge in [0.1, 0.15) is 18.0 Å². The normalized spacial score (nSPS) is 11.8. The number of hydrogen-bond acceptors (Lipinski definition) is 7. The van der Waals surface area contributed by atoms with Crippen LogP contribution in [0.1, 0.15) is 11.4 Å². The van der Waals surface area contributed by atoms with E-state index in [-0.39, 0.29) is 23.1 Å². The van der Waals surface area contributed by atoms with Crippen LogP contribution < -0.4 is 21.3 Å². The zero-order chi connectivity index (χ0) is 29.6. The Kier molecular flexibility index (Phi) is 6.80. The zero-order valence-electron chi connectivity index (χ0n) is 21.1. The molecule has 0 fully saturated rings. The van der Waals surface area contributed by atoms with E-state index >= 15 is 0 Å². The summed E-state index contributed by atoms with van der Waals surface area (Å²) in [5, 5.41) is 11.0. The summed E-state index contributed by atoms with van der Waals surface area (Å²) in [4.78, 5) is 30.5. The second-order valence-corrected chi connectivity index (χ2v) is 8.90. The highest BCUT2D eigenvalue weighted by atomic mass is 19.4. The molecule has 3 aromatic heterocycles. The molecule has 5 rings (SSSR count). The van der Waals surface area contributed by atoms with Gasteiger partial charge in [0.15, 0.2) is 23.2 Å². The van der Waals surface area contributed by atoms with Crippen molar-refractivity contribution in [2.24, 2.45) is 14.1 Å². The third-order valence-corrected chi connectivity index (χ3v) is 5.85. The number of benzene rings is 2. The maximum atomic E-state index is 14.6. The predicted octanol–water partition coefficient (Wildman–Crippen LogP) is 3.18. The van der Waals surface area contributed by atoms with Gasteiger partial charge in [-0.1, -0.05) is 0 Å². The van der Waals surface area contributed by atoms with Crippen molar-refractivity contribution in [3.63, 3.8) is 0 Å². The summed E-state index contributed by atoms with van der Waals surface area (Å²) in [6.45, 7) is -1.16. The van der Waals surface area contributed by atoms with Crippen LogP contribution in [0.3, 0.4) is 0 Å². The highest BCUT2D eigenvalue weighted by Gasteiger charge is 2.33. The number of halogens is 6. The molecule has 41 heavy (non-hydrogen) atoms. The fourth-order valence-corrected chi connectivity index (χ4v) is 4.09. The lowest BCUT2D eigenvalue weighted by Crippen LogP contribution is -2.41. The molecule has 17 heteroatoms. The van der Waals surface area contributed by atoms with Crippen LogP contribution in [0.2, 0.25) is 0 Å². The Morgan fingerprint density at radius 1 is 0.878 bits per heavy atom. The first-order valence-electron chi connectivity index (χ1n) is 11.6. The number of aryl methyl sites for hydroxylation is 2. The largest absolute Gasteiger partial charge is 0.573 e. The van der Waals surface area contributed by atoms with Gasteiger partial charge in [-0.2, -0.15) is 10.2 Å². The van der Waals surface area contributed by atoms with Crippen molar-refractivity contribution in [3.05, 3.63) is 92.5 Å². The van der Waals surface area contributed by atoms with E-state index in [9.17, 15) is 35.9 Å². The van der Waals surface area contributed by atoms with Gasteiger partial charge in [0.2, 0.25) is 0 Å². The first-order valence-corrected chi connectivity index (χ1v) is 11.6. The molecule has 11 nitrogen and oxygen atoms in total. The van der Waals surface area contributed by atoms with E-state index in [0.717, 1.165) is 16.7 Å². The summed E-state index contributed by atoms with van der Waals surface area (Å²) in [6, 6.07) is 3.90. The van der Waals surface area contributed by atoms with Crippen molar-refractivity contribution in [2.45, 2.75) is 19.5 Å². The minimum Gasteiger partial charge on any atom is -0.403 e. The molecule has 214 valence electrons. The number of hydrogen-bond donors (Lipinski definition) is 1. The van der Waals surface area contributed by atoms with Crippen LogP contribution >= 0.6 is 0 Å². The number of anilines is 2. The number of aromatic nitrogens is 7. The molecular weight excluding hydrogens is 562 g/mol. The standard InChI is InChI=1S/C24H18F6N8O3/c1-35-8-13-4-18(19(6-17(13)33-35)41-24(28,29)30)32-21-7-22(39)38(10-20-31-11-36(2)34-20)23(40)37(21)9-12-3-15(26)16(27)5-14(12)25/h3-8,11,32H,9-10H2,1-2H3. The smallest absolute Gasteiger partial charge is 0.403 e. The molecule has 0 atom stereocenters. The molecule has 5 aromatic rings. The first kappa shape index (κ1) is 27.5. The van der Waals surface area contributed by atoms with Gasteiger partial charge in [0.05, 0.1) is 24.3 Å². The Morgan fingerprint density at radius 2 is 1.61 bits per heavy atom. The summed E-state index contributed by atoms with van der Waals surface area (Å²) in [5.74, 6) is -5.16. The molecule has 0 spiro atoms. The van der Waals surface area contributed by atoms with Gasteiger partial charge in [-0.3, -0.25) is 23.3 Å². The lowest BCUT2D eigenvalue weighted by atomic mass is 10.2. The van der Waals surface area contributed by atoms with Gasteiger partial charge in [0, 0.05) is 49.4 Å². The van der Waals surface area contributed by atoms with E-state index < -0.39 is 65.3 Å². The van der Waals surface area contributed by atoms with E-state index in [2.05, 4.69) is 25.2 Å². The van der Waals surface area contributed by atoms with E-state index in [1.165, 1.54) is 28.0 Å². The lowest BCUT2D eigenvalue weighted by Gasteiger charge is -2.19. The maximum absolute atomic E-state index is 14.6. The van der Waals surface area contributed by atoms with Gasteiger partial charge in [-0.15, -0.1) is 13.2 Å². The molecule has 0 amide bonds. The minimum absolute atomic E-state index is 0.0702. The fourth-order valence-electron chi connectivity index (χ4n) is 4.09. The van der Waals surface area contributed by atoms with Crippen molar-refractivity contribution in [1.29, 1.82) is 0 Å². The average molecular weight is 580 g/mol. The highest BCUT2D eigenvalue weighted by molar-refractivity contribution is 5.86. The lowest BCUT2D eigenvalue weighted by molar-refractivity contribution is -0.274. The third-order valence-electron chi connectivity index (χ3n) is 5.85. The van der Waals surface area contributed by atoms with E-state index in [4.69, 9.17) is 0 Å². The molecule has 0 saturated carbocycles. The van der Waals surface area contributed by atoms with Crippen LogP contribution in [0.4, 0.5) is 37.8 Å². The van der Waals surface area contributed by atoms with E-state index in [1.54, 1.807) is 14.1 Å². The summed E-state index contributed by atoms with van der Waals surface area (Å²) >= 11 is 0. The van der Waals surface area contributed by atoms with Gasteiger partial charge in [0.25, 0.3) is 5.56 Å². The highest BCUT2D eigenvalue weighted by Crippen LogP contribution is 2.35. The number of nitrogens with zero attached hydrogens (tertiary/aromatic N) is 7. The van der Waals surface area contributed by atoms with Crippen molar-refractivity contribution in [1.82, 2.24) is 33.7 Å². The van der Waals surface area contributed by atoms with Crippen LogP contribution in [0.25, 0.3) is 10.9 Å².